The molecule has 2 aromatic carbocycles. The first-order chi connectivity index (χ1) is 9.70. The van der Waals surface area contributed by atoms with Gasteiger partial charge in [0.05, 0.1) is 10.3 Å². The Morgan fingerprint density at radius 1 is 1.05 bits per heavy atom. The molecule has 0 aliphatic carbocycles. The lowest BCUT2D eigenvalue weighted by atomic mass is 10.1. The fourth-order valence-electron chi connectivity index (χ4n) is 2.22. The summed E-state index contributed by atoms with van der Waals surface area (Å²) in [6.07, 6.45) is 0.982. The normalized spacial score (nSPS) is 10.9. The molecule has 3 aromatic rings. The molecule has 20 heavy (non-hydrogen) atoms. The van der Waals surface area contributed by atoms with E-state index < -0.39 is 0 Å². The van der Waals surface area contributed by atoms with Gasteiger partial charge in [0, 0.05) is 5.56 Å². The second-order valence-electron chi connectivity index (χ2n) is 4.66. The van der Waals surface area contributed by atoms with Gasteiger partial charge in [0.15, 0.2) is 5.76 Å². The maximum atomic E-state index is 12.3. The van der Waals surface area contributed by atoms with Gasteiger partial charge in [0.2, 0.25) is 5.43 Å². The molecule has 1 heterocycles. The molecule has 0 amide bonds. The van der Waals surface area contributed by atoms with Crippen LogP contribution in [0.2, 0.25) is 0 Å². The van der Waals surface area contributed by atoms with E-state index in [2.05, 4.69) is 19.6 Å². The number of benzene rings is 2. The Labute approximate surface area is 122 Å². The first-order valence-corrected chi connectivity index (χ1v) is 6.99. The summed E-state index contributed by atoms with van der Waals surface area (Å²) in [5, 5.41) is 0.562. The molecule has 0 unspecified atom stereocenters. The molecule has 3 heteroatoms. The Kier molecular flexibility index (Phi) is 3.36. The summed E-state index contributed by atoms with van der Waals surface area (Å²) in [6, 6.07) is 15.2. The molecule has 1 aromatic heterocycles. The third-order valence-electron chi connectivity index (χ3n) is 3.40. The molecular weight excluding hydrogens is 268 g/mol. The molecular formula is C17H14O2S. The number of hydrogen-bond donors (Lipinski definition) is 1. The van der Waals surface area contributed by atoms with Gasteiger partial charge in [-0.2, -0.15) is 0 Å². The highest BCUT2D eigenvalue weighted by Gasteiger charge is 2.12. The fourth-order valence-corrected chi connectivity index (χ4v) is 2.51. The van der Waals surface area contributed by atoms with Crippen LogP contribution < -0.4 is 5.43 Å². The van der Waals surface area contributed by atoms with E-state index >= 15 is 0 Å². The average Bonchev–Trinajstić information content (AvgIpc) is 2.51. The van der Waals surface area contributed by atoms with Crippen LogP contribution in [0.5, 0.6) is 0 Å². The molecule has 100 valence electrons. The number of para-hydroxylation sites is 1. The molecule has 0 aliphatic rings. The topological polar surface area (TPSA) is 30.2 Å². The van der Waals surface area contributed by atoms with Gasteiger partial charge in [-0.15, -0.1) is 12.6 Å². The largest absolute Gasteiger partial charge is 0.455 e. The third-order valence-corrected chi connectivity index (χ3v) is 3.80. The van der Waals surface area contributed by atoms with Crippen molar-refractivity contribution in [1.82, 2.24) is 0 Å². The van der Waals surface area contributed by atoms with Gasteiger partial charge in [-0.3, -0.25) is 4.79 Å². The average molecular weight is 282 g/mol. The van der Waals surface area contributed by atoms with Gasteiger partial charge in [0.25, 0.3) is 0 Å². The summed E-state index contributed by atoms with van der Waals surface area (Å²) in [4.78, 5) is 12.7. The van der Waals surface area contributed by atoms with Crippen molar-refractivity contribution >= 4 is 23.6 Å². The summed E-state index contributed by atoms with van der Waals surface area (Å²) >= 11 is 4.34. The molecule has 0 N–H and O–H groups in total. The van der Waals surface area contributed by atoms with Gasteiger partial charge in [-0.25, -0.2) is 0 Å². The Morgan fingerprint density at radius 3 is 2.45 bits per heavy atom. The van der Waals surface area contributed by atoms with Crippen molar-refractivity contribution in [3.8, 4) is 11.3 Å². The molecule has 2 nitrogen and oxygen atoms in total. The van der Waals surface area contributed by atoms with Crippen LogP contribution in [0.4, 0.5) is 0 Å². The van der Waals surface area contributed by atoms with Gasteiger partial charge < -0.3 is 4.42 Å². The predicted octanol–water partition coefficient (Wildman–Crippen LogP) is 4.31. The Balaban J connectivity index is 2.25. The quantitative estimate of drug-likeness (QED) is 0.710. The number of aryl methyl sites for hydroxylation is 1. The Hall–Kier alpha value is -2.00. The van der Waals surface area contributed by atoms with E-state index in [-0.39, 0.29) is 5.43 Å². The third kappa shape index (κ3) is 2.14. The SMILES string of the molecule is CCc1ccc(-c2oc3ccccc3c(=O)c2S)cc1. The van der Waals surface area contributed by atoms with E-state index in [1.54, 1.807) is 12.1 Å². The zero-order valence-electron chi connectivity index (χ0n) is 11.1. The van der Waals surface area contributed by atoms with Crippen molar-refractivity contribution in [1.29, 1.82) is 0 Å². The maximum absolute atomic E-state index is 12.3. The zero-order valence-corrected chi connectivity index (χ0v) is 12.0. The van der Waals surface area contributed by atoms with E-state index in [9.17, 15) is 4.79 Å². The van der Waals surface area contributed by atoms with E-state index in [4.69, 9.17) is 4.42 Å². The van der Waals surface area contributed by atoms with Crippen molar-refractivity contribution in [2.75, 3.05) is 0 Å². The van der Waals surface area contributed by atoms with Crippen molar-refractivity contribution in [3.05, 3.63) is 64.3 Å². The molecule has 0 saturated heterocycles. The van der Waals surface area contributed by atoms with Crippen LogP contribution >= 0.6 is 12.6 Å². The van der Waals surface area contributed by atoms with E-state index in [0.717, 1.165) is 12.0 Å². The molecule has 3 rings (SSSR count). The van der Waals surface area contributed by atoms with E-state index in [1.165, 1.54) is 5.56 Å². The molecule has 0 atom stereocenters. The van der Waals surface area contributed by atoms with Gasteiger partial charge in [0.1, 0.15) is 5.58 Å². The second-order valence-corrected chi connectivity index (χ2v) is 5.10. The summed E-state index contributed by atoms with van der Waals surface area (Å²) in [6.45, 7) is 2.11. The molecule has 0 radical (unpaired) electrons. The lowest BCUT2D eigenvalue weighted by Crippen LogP contribution is -2.04. The van der Waals surface area contributed by atoms with Crippen LogP contribution in [0.25, 0.3) is 22.3 Å². The molecule has 0 fully saturated rings. The van der Waals surface area contributed by atoms with Crippen LogP contribution in [-0.2, 0) is 6.42 Å². The number of hydrogen-bond acceptors (Lipinski definition) is 3. The Bertz CT molecular complexity index is 817. The molecule has 0 saturated carbocycles. The summed E-state index contributed by atoms with van der Waals surface area (Å²) < 4.78 is 5.86. The summed E-state index contributed by atoms with van der Waals surface area (Å²) in [7, 11) is 0. The second kappa shape index (κ2) is 5.17. The minimum absolute atomic E-state index is 0.0928. The molecule has 0 aliphatic heterocycles. The zero-order chi connectivity index (χ0) is 14.1. The molecule has 0 bridgehead atoms. The van der Waals surface area contributed by atoms with Crippen LogP contribution in [0.15, 0.2) is 62.6 Å². The summed E-state index contributed by atoms with van der Waals surface area (Å²) in [5.41, 5.74) is 2.61. The maximum Gasteiger partial charge on any atom is 0.206 e. The van der Waals surface area contributed by atoms with Crippen LogP contribution in [0.3, 0.4) is 0 Å². The van der Waals surface area contributed by atoms with Gasteiger partial charge in [-0.1, -0.05) is 43.3 Å². The fraction of sp³-hybridized carbons (Fsp3) is 0.118. The van der Waals surface area contributed by atoms with E-state index in [0.29, 0.717) is 21.6 Å². The van der Waals surface area contributed by atoms with Crippen molar-refractivity contribution < 1.29 is 4.42 Å². The minimum atomic E-state index is -0.0928. The predicted molar refractivity (Wildman–Crippen MR) is 84.6 cm³/mol. The van der Waals surface area contributed by atoms with Crippen molar-refractivity contribution in [2.24, 2.45) is 0 Å². The lowest BCUT2D eigenvalue weighted by molar-refractivity contribution is 0.605. The first-order valence-electron chi connectivity index (χ1n) is 6.55. The lowest BCUT2D eigenvalue weighted by Gasteiger charge is -2.07. The van der Waals surface area contributed by atoms with Crippen LogP contribution in [0.1, 0.15) is 12.5 Å². The molecule has 0 spiro atoms. The van der Waals surface area contributed by atoms with Crippen LogP contribution in [0, 0.1) is 0 Å². The van der Waals surface area contributed by atoms with Gasteiger partial charge in [-0.05, 0) is 24.1 Å². The first kappa shape index (κ1) is 13.0. The highest BCUT2D eigenvalue weighted by molar-refractivity contribution is 7.80. The standard InChI is InChI=1S/C17H14O2S/c1-2-11-7-9-12(10-8-11)16-17(20)15(18)13-5-3-4-6-14(13)19-16/h3-10,20H,2H2,1H3. The number of thiol groups is 1. The number of fused-ring (bicyclic) bond motifs is 1. The number of rotatable bonds is 2. The highest BCUT2D eigenvalue weighted by Crippen LogP contribution is 2.28. The monoisotopic (exact) mass is 282 g/mol. The summed E-state index contributed by atoms with van der Waals surface area (Å²) in [5.74, 6) is 0.527. The van der Waals surface area contributed by atoms with Crippen molar-refractivity contribution in [3.63, 3.8) is 0 Å². The van der Waals surface area contributed by atoms with E-state index in [1.807, 2.05) is 36.4 Å². The Morgan fingerprint density at radius 2 is 1.75 bits per heavy atom. The van der Waals surface area contributed by atoms with Crippen LogP contribution in [-0.4, -0.2) is 0 Å². The highest BCUT2D eigenvalue weighted by atomic mass is 32.1. The smallest absolute Gasteiger partial charge is 0.206 e. The van der Waals surface area contributed by atoms with Gasteiger partial charge >= 0.3 is 0 Å². The van der Waals surface area contributed by atoms with Crippen molar-refractivity contribution in [2.45, 2.75) is 18.2 Å². The minimum Gasteiger partial charge on any atom is -0.455 e.